The lowest BCUT2D eigenvalue weighted by Crippen LogP contribution is -2.23. The van der Waals surface area contributed by atoms with E-state index in [1.165, 1.54) is 12.1 Å². The molecule has 0 radical (unpaired) electrons. The first-order chi connectivity index (χ1) is 9.86. The van der Waals surface area contributed by atoms with Crippen molar-refractivity contribution in [2.45, 2.75) is 11.4 Å². The van der Waals surface area contributed by atoms with Crippen LogP contribution in [0.1, 0.15) is 16.1 Å². The lowest BCUT2D eigenvalue weighted by Gasteiger charge is -2.06. The average molecular weight is 369 g/mol. The van der Waals surface area contributed by atoms with Crippen LogP contribution in [0.4, 0.5) is 0 Å². The zero-order chi connectivity index (χ0) is 15.5. The second kappa shape index (κ2) is 6.36. The molecule has 7 heteroatoms. The van der Waals surface area contributed by atoms with Crippen LogP contribution >= 0.6 is 15.9 Å². The lowest BCUT2D eigenvalue weighted by atomic mass is 10.2. The number of halogens is 1. The lowest BCUT2D eigenvalue weighted by molar-refractivity contribution is 0.0945. The molecule has 0 aliphatic carbocycles. The zero-order valence-corrected chi connectivity index (χ0v) is 13.6. The highest BCUT2D eigenvalue weighted by Gasteiger charge is 2.08. The molecule has 0 spiro atoms. The Morgan fingerprint density at radius 1 is 1.19 bits per heavy atom. The van der Waals surface area contributed by atoms with Gasteiger partial charge in [0, 0.05) is 12.8 Å². The summed E-state index contributed by atoms with van der Waals surface area (Å²) in [5.74, 6) is -0.288. The number of carbonyl (C=O) groups is 1. The number of nitrogens with one attached hydrogen (secondary N) is 1. The maximum absolute atomic E-state index is 11.9. The fourth-order valence-corrected chi connectivity index (χ4v) is 2.64. The molecule has 0 aliphatic heterocycles. The Labute approximate surface area is 131 Å². The van der Waals surface area contributed by atoms with Crippen molar-refractivity contribution < 1.29 is 13.2 Å². The number of nitrogens with zero attached hydrogens (tertiary/aromatic N) is 1. The molecule has 2 aromatic rings. The summed E-state index contributed by atoms with van der Waals surface area (Å²) in [7, 11) is -3.20. The third kappa shape index (κ3) is 4.37. The van der Waals surface area contributed by atoms with E-state index in [0.29, 0.717) is 16.8 Å². The summed E-state index contributed by atoms with van der Waals surface area (Å²) in [6, 6.07) is 11.5. The summed E-state index contributed by atoms with van der Waals surface area (Å²) in [4.78, 5) is 16.2. The van der Waals surface area contributed by atoms with Crippen LogP contribution in [0.25, 0.3) is 0 Å². The number of carbonyl (C=O) groups excluding carboxylic acids is 1. The molecule has 0 unspecified atom stereocenters. The molecule has 1 N–H and O–H groups in total. The topological polar surface area (TPSA) is 76.1 Å². The Kier molecular flexibility index (Phi) is 4.74. The quantitative estimate of drug-likeness (QED) is 0.839. The van der Waals surface area contributed by atoms with E-state index in [2.05, 4.69) is 26.2 Å². The summed E-state index contributed by atoms with van der Waals surface area (Å²) >= 11 is 3.20. The van der Waals surface area contributed by atoms with Crippen molar-refractivity contribution in [3.05, 3.63) is 58.3 Å². The van der Waals surface area contributed by atoms with Gasteiger partial charge in [0.1, 0.15) is 10.3 Å². The number of hydrogen-bond acceptors (Lipinski definition) is 4. The molecule has 1 aromatic heterocycles. The van der Waals surface area contributed by atoms with E-state index in [4.69, 9.17) is 0 Å². The van der Waals surface area contributed by atoms with Gasteiger partial charge in [0.05, 0.1) is 4.90 Å². The molecule has 5 nitrogen and oxygen atoms in total. The van der Waals surface area contributed by atoms with Crippen LogP contribution in [-0.4, -0.2) is 25.6 Å². The second-order valence-corrected chi connectivity index (χ2v) is 7.27. The Hall–Kier alpha value is -1.73. The minimum atomic E-state index is -3.20. The highest BCUT2D eigenvalue weighted by atomic mass is 79.9. The van der Waals surface area contributed by atoms with Crippen LogP contribution < -0.4 is 5.32 Å². The molecular weight excluding hydrogens is 356 g/mol. The molecule has 0 bridgehead atoms. The van der Waals surface area contributed by atoms with Gasteiger partial charge in [-0.15, -0.1) is 0 Å². The molecule has 1 heterocycles. The monoisotopic (exact) mass is 368 g/mol. The van der Waals surface area contributed by atoms with Crippen molar-refractivity contribution in [1.29, 1.82) is 0 Å². The van der Waals surface area contributed by atoms with E-state index in [1.54, 1.807) is 30.3 Å². The fraction of sp³-hybridized carbons (Fsp3) is 0.143. The van der Waals surface area contributed by atoms with Crippen LogP contribution in [0, 0.1) is 0 Å². The van der Waals surface area contributed by atoms with Crippen LogP contribution in [0.3, 0.4) is 0 Å². The fourth-order valence-electron chi connectivity index (χ4n) is 1.66. The SMILES string of the molecule is CS(=O)(=O)c1ccc(CNC(=O)c2cccc(Br)n2)cc1. The zero-order valence-electron chi connectivity index (χ0n) is 11.2. The van der Waals surface area contributed by atoms with E-state index in [9.17, 15) is 13.2 Å². The number of pyridine rings is 1. The van der Waals surface area contributed by atoms with Gasteiger partial charge < -0.3 is 5.32 Å². The number of sulfone groups is 1. The molecule has 110 valence electrons. The number of hydrogen-bond donors (Lipinski definition) is 1. The van der Waals surface area contributed by atoms with Crippen LogP contribution in [0.2, 0.25) is 0 Å². The summed E-state index contributed by atoms with van der Waals surface area (Å²) in [6.45, 7) is 0.303. The van der Waals surface area contributed by atoms with E-state index in [-0.39, 0.29) is 10.8 Å². The second-order valence-electron chi connectivity index (χ2n) is 4.44. The van der Waals surface area contributed by atoms with Crippen LogP contribution in [-0.2, 0) is 16.4 Å². The number of benzene rings is 1. The van der Waals surface area contributed by atoms with Crippen LogP contribution in [0.15, 0.2) is 52.0 Å². The molecule has 0 saturated heterocycles. The average Bonchev–Trinajstić information content (AvgIpc) is 2.44. The molecule has 1 aromatic carbocycles. The molecule has 0 saturated carbocycles. The van der Waals surface area contributed by atoms with Crippen molar-refractivity contribution >= 4 is 31.7 Å². The van der Waals surface area contributed by atoms with E-state index >= 15 is 0 Å². The Balaban J connectivity index is 2.02. The van der Waals surface area contributed by atoms with E-state index < -0.39 is 9.84 Å². The van der Waals surface area contributed by atoms with Gasteiger partial charge in [-0.05, 0) is 45.8 Å². The van der Waals surface area contributed by atoms with Crippen molar-refractivity contribution in [1.82, 2.24) is 10.3 Å². The molecule has 0 aliphatic rings. The standard InChI is InChI=1S/C14H13BrN2O3S/c1-21(19,20)11-7-5-10(6-8-11)9-16-14(18)12-3-2-4-13(15)17-12/h2-8H,9H2,1H3,(H,16,18). The van der Waals surface area contributed by atoms with Gasteiger partial charge >= 0.3 is 0 Å². The van der Waals surface area contributed by atoms with Gasteiger partial charge in [-0.3, -0.25) is 4.79 Å². The Morgan fingerprint density at radius 2 is 1.86 bits per heavy atom. The number of aromatic nitrogens is 1. The highest BCUT2D eigenvalue weighted by molar-refractivity contribution is 9.10. The first kappa shape index (κ1) is 15.7. The number of amides is 1. The van der Waals surface area contributed by atoms with Gasteiger partial charge in [0.25, 0.3) is 5.91 Å². The molecule has 0 atom stereocenters. The molecule has 1 amide bonds. The van der Waals surface area contributed by atoms with Gasteiger partial charge in [0.2, 0.25) is 0 Å². The van der Waals surface area contributed by atoms with Crippen molar-refractivity contribution in [3.8, 4) is 0 Å². The minimum Gasteiger partial charge on any atom is -0.347 e. The van der Waals surface area contributed by atoms with Gasteiger partial charge in [-0.2, -0.15) is 0 Å². The maximum Gasteiger partial charge on any atom is 0.270 e. The molecule has 0 fully saturated rings. The first-order valence-corrected chi connectivity index (χ1v) is 8.74. The third-order valence-electron chi connectivity index (χ3n) is 2.75. The maximum atomic E-state index is 11.9. The molecular formula is C14H13BrN2O3S. The minimum absolute atomic E-state index is 0.256. The largest absolute Gasteiger partial charge is 0.347 e. The number of rotatable bonds is 4. The van der Waals surface area contributed by atoms with Gasteiger partial charge in [-0.1, -0.05) is 18.2 Å². The van der Waals surface area contributed by atoms with Crippen molar-refractivity contribution in [3.63, 3.8) is 0 Å². The first-order valence-electron chi connectivity index (χ1n) is 6.06. The summed E-state index contributed by atoms with van der Waals surface area (Å²) in [5.41, 5.74) is 1.13. The molecule has 2 rings (SSSR count). The smallest absolute Gasteiger partial charge is 0.270 e. The van der Waals surface area contributed by atoms with E-state index in [1.807, 2.05) is 0 Å². The van der Waals surface area contributed by atoms with Crippen LogP contribution in [0.5, 0.6) is 0 Å². The van der Waals surface area contributed by atoms with E-state index in [0.717, 1.165) is 11.8 Å². The highest BCUT2D eigenvalue weighted by Crippen LogP contribution is 2.10. The Morgan fingerprint density at radius 3 is 2.43 bits per heavy atom. The normalized spacial score (nSPS) is 11.1. The summed E-state index contributed by atoms with van der Waals surface area (Å²) in [6.07, 6.45) is 1.16. The summed E-state index contributed by atoms with van der Waals surface area (Å²) < 4.78 is 23.3. The van der Waals surface area contributed by atoms with Crippen molar-refractivity contribution in [2.24, 2.45) is 0 Å². The van der Waals surface area contributed by atoms with Crippen molar-refractivity contribution in [2.75, 3.05) is 6.26 Å². The molecule has 21 heavy (non-hydrogen) atoms. The predicted molar refractivity (Wildman–Crippen MR) is 82.7 cm³/mol. The predicted octanol–water partition coefficient (Wildman–Crippen LogP) is 2.18. The third-order valence-corrected chi connectivity index (χ3v) is 4.32. The Bertz CT molecular complexity index is 758. The van der Waals surface area contributed by atoms with Gasteiger partial charge in [0.15, 0.2) is 9.84 Å². The summed E-state index contributed by atoms with van der Waals surface area (Å²) in [5, 5.41) is 2.73. The van der Waals surface area contributed by atoms with Gasteiger partial charge in [-0.25, -0.2) is 13.4 Å².